The fourth-order valence-electron chi connectivity index (χ4n) is 1.51. The van der Waals surface area contributed by atoms with Crippen molar-refractivity contribution in [2.24, 2.45) is 5.84 Å². The first-order valence-corrected chi connectivity index (χ1v) is 6.60. The molecule has 0 aromatic carbocycles. The molecule has 1 amide bonds. The van der Waals surface area contributed by atoms with Gasteiger partial charge in [-0.05, 0) is 25.5 Å². The molecular formula is C12H14N4O2S. The van der Waals surface area contributed by atoms with Crippen LogP contribution in [-0.4, -0.2) is 15.9 Å². The highest BCUT2D eigenvalue weighted by molar-refractivity contribution is 7.98. The Morgan fingerprint density at radius 2 is 2.11 bits per heavy atom. The zero-order valence-corrected chi connectivity index (χ0v) is 11.5. The van der Waals surface area contributed by atoms with Crippen molar-refractivity contribution in [2.45, 2.75) is 24.8 Å². The lowest BCUT2D eigenvalue weighted by Crippen LogP contribution is -2.30. The standard InChI is InChI=1S/C12H14N4O2S/c1-7-4-14-12(15-5-7)19-6-9-3-10(8(2)18-9)11(17)16-13/h3-5H,6,13H2,1-2H3,(H,16,17). The molecule has 0 atom stereocenters. The van der Waals surface area contributed by atoms with Crippen molar-refractivity contribution in [3.63, 3.8) is 0 Å². The van der Waals surface area contributed by atoms with E-state index in [-0.39, 0.29) is 5.91 Å². The Balaban J connectivity index is 2.04. The van der Waals surface area contributed by atoms with Crippen LogP contribution in [-0.2, 0) is 5.75 Å². The van der Waals surface area contributed by atoms with Crippen LogP contribution < -0.4 is 11.3 Å². The first-order chi connectivity index (χ1) is 9.10. The van der Waals surface area contributed by atoms with Gasteiger partial charge in [0.15, 0.2) is 5.16 Å². The van der Waals surface area contributed by atoms with E-state index in [1.807, 2.05) is 6.92 Å². The molecule has 0 unspecified atom stereocenters. The van der Waals surface area contributed by atoms with Crippen LogP contribution in [0, 0.1) is 13.8 Å². The van der Waals surface area contributed by atoms with Crippen LogP contribution in [0.2, 0.25) is 0 Å². The molecule has 0 spiro atoms. The molecule has 6 nitrogen and oxygen atoms in total. The smallest absolute Gasteiger partial charge is 0.268 e. The van der Waals surface area contributed by atoms with Gasteiger partial charge in [0, 0.05) is 12.4 Å². The molecule has 0 aliphatic rings. The van der Waals surface area contributed by atoms with Crippen LogP contribution in [0.3, 0.4) is 0 Å². The second kappa shape index (κ2) is 5.85. The molecule has 2 aromatic rings. The summed E-state index contributed by atoms with van der Waals surface area (Å²) in [7, 11) is 0. The van der Waals surface area contributed by atoms with E-state index in [1.165, 1.54) is 11.8 Å². The first-order valence-electron chi connectivity index (χ1n) is 5.62. The van der Waals surface area contributed by atoms with Crippen LogP contribution in [0.1, 0.15) is 27.4 Å². The van der Waals surface area contributed by atoms with Gasteiger partial charge in [0.25, 0.3) is 5.91 Å². The van der Waals surface area contributed by atoms with Gasteiger partial charge in [0.1, 0.15) is 11.5 Å². The summed E-state index contributed by atoms with van der Waals surface area (Å²) < 4.78 is 5.49. The van der Waals surface area contributed by atoms with Crippen LogP contribution in [0.25, 0.3) is 0 Å². The van der Waals surface area contributed by atoms with Gasteiger partial charge in [-0.3, -0.25) is 10.2 Å². The van der Waals surface area contributed by atoms with E-state index in [4.69, 9.17) is 10.3 Å². The highest BCUT2D eigenvalue weighted by Gasteiger charge is 2.14. The molecule has 100 valence electrons. The number of rotatable bonds is 4. The van der Waals surface area contributed by atoms with E-state index < -0.39 is 0 Å². The lowest BCUT2D eigenvalue weighted by Gasteiger charge is -1.97. The van der Waals surface area contributed by atoms with Gasteiger partial charge in [-0.25, -0.2) is 15.8 Å². The summed E-state index contributed by atoms with van der Waals surface area (Å²) in [5.41, 5.74) is 3.55. The van der Waals surface area contributed by atoms with Gasteiger partial charge in [0.2, 0.25) is 0 Å². The van der Waals surface area contributed by atoms with Crippen LogP contribution in [0.15, 0.2) is 28.0 Å². The van der Waals surface area contributed by atoms with Crippen molar-refractivity contribution < 1.29 is 9.21 Å². The summed E-state index contributed by atoms with van der Waals surface area (Å²) in [6.07, 6.45) is 3.52. The van der Waals surface area contributed by atoms with Crippen molar-refractivity contribution in [1.82, 2.24) is 15.4 Å². The number of aryl methyl sites for hydroxylation is 2. The summed E-state index contributed by atoms with van der Waals surface area (Å²) in [6.45, 7) is 3.66. The third-order valence-corrected chi connectivity index (χ3v) is 3.34. The molecule has 0 aliphatic carbocycles. The number of aromatic nitrogens is 2. The van der Waals surface area contributed by atoms with Gasteiger partial charge < -0.3 is 4.42 Å². The van der Waals surface area contributed by atoms with Gasteiger partial charge in [-0.1, -0.05) is 11.8 Å². The first kappa shape index (κ1) is 13.6. The molecule has 0 bridgehead atoms. The zero-order valence-electron chi connectivity index (χ0n) is 10.6. The fourth-order valence-corrected chi connectivity index (χ4v) is 2.18. The molecule has 7 heteroatoms. The fraction of sp³-hybridized carbons (Fsp3) is 0.250. The maximum Gasteiger partial charge on any atom is 0.268 e. The lowest BCUT2D eigenvalue weighted by atomic mass is 10.2. The highest BCUT2D eigenvalue weighted by Crippen LogP contribution is 2.22. The maximum absolute atomic E-state index is 11.4. The van der Waals surface area contributed by atoms with Gasteiger partial charge in [0.05, 0.1) is 11.3 Å². The molecule has 2 aromatic heterocycles. The minimum Gasteiger partial charge on any atom is -0.465 e. The second-order valence-corrected chi connectivity index (χ2v) is 4.93. The molecule has 0 aliphatic heterocycles. The Labute approximate surface area is 114 Å². The number of hydrazine groups is 1. The van der Waals surface area contributed by atoms with Crippen molar-refractivity contribution in [1.29, 1.82) is 0 Å². The summed E-state index contributed by atoms with van der Waals surface area (Å²) in [5.74, 6) is 6.53. The highest BCUT2D eigenvalue weighted by atomic mass is 32.2. The van der Waals surface area contributed by atoms with Gasteiger partial charge in [-0.15, -0.1) is 0 Å². The zero-order chi connectivity index (χ0) is 13.8. The van der Waals surface area contributed by atoms with E-state index in [0.29, 0.717) is 28.0 Å². The number of nitrogens with two attached hydrogens (primary N) is 1. The third-order valence-electron chi connectivity index (χ3n) is 2.45. The lowest BCUT2D eigenvalue weighted by molar-refractivity contribution is 0.0952. The largest absolute Gasteiger partial charge is 0.465 e. The molecular weight excluding hydrogens is 264 g/mol. The number of nitrogens with one attached hydrogen (secondary N) is 1. The molecule has 2 rings (SSSR count). The van der Waals surface area contributed by atoms with Gasteiger partial charge in [-0.2, -0.15) is 0 Å². The Morgan fingerprint density at radius 1 is 1.42 bits per heavy atom. The number of carbonyl (C=O) groups excluding carboxylic acids is 1. The number of hydrogen-bond donors (Lipinski definition) is 2. The Kier molecular flexibility index (Phi) is 4.18. The SMILES string of the molecule is Cc1cnc(SCc2cc(C(=O)NN)c(C)o2)nc1. The number of hydrogen-bond acceptors (Lipinski definition) is 6. The predicted molar refractivity (Wildman–Crippen MR) is 71.4 cm³/mol. The van der Waals surface area contributed by atoms with Crippen molar-refractivity contribution in [3.8, 4) is 0 Å². The summed E-state index contributed by atoms with van der Waals surface area (Å²) >= 11 is 1.44. The average molecular weight is 278 g/mol. The Morgan fingerprint density at radius 3 is 2.74 bits per heavy atom. The molecule has 0 saturated carbocycles. The Hall–Kier alpha value is -1.86. The number of nitrogen functional groups attached to an aromatic ring is 1. The molecule has 2 heterocycles. The average Bonchev–Trinajstić information content (AvgIpc) is 2.78. The minimum absolute atomic E-state index is 0.357. The number of carbonyl (C=O) groups is 1. The number of nitrogens with zero attached hydrogens (tertiary/aromatic N) is 2. The number of amides is 1. The number of furan rings is 1. The van der Waals surface area contributed by atoms with E-state index in [9.17, 15) is 4.79 Å². The third kappa shape index (κ3) is 3.33. The molecule has 19 heavy (non-hydrogen) atoms. The molecule has 0 radical (unpaired) electrons. The summed E-state index contributed by atoms with van der Waals surface area (Å²) in [5, 5.41) is 0.671. The summed E-state index contributed by atoms with van der Waals surface area (Å²) in [6, 6.07) is 1.68. The predicted octanol–water partition coefficient (Wildman–Crippen LogP) is 1.58. The van der Waals surface area contributed by atoms with Crippen LogP contribution >= 0.6 is 11.8 Å². The maximum atomic E-state index is 11.4. The monoisotopic (exact) mass is 278 g/mol. The van der Waals surface area contributed by atoms with E-state index in [1.54, 1.807) is 25.4 Å². The van der Waals surface area contributed by atoms with Crippen LogP contribution in [0.5, 0.6) is 0 Å². The van der Waals surface area contributed by atoms with E-state index in [0.717, 1.165) is 5.56 Å². The normalized spacial score (nSPS) is 10.5. The number of thioether (sulfide) groups is 1. The van der Waals surface area contributed by atoms with Gasteiger partial charge >= 0.3 is 0 Å². The second-order valence-electron chi connectivity index (χ2n) is 3.99. The van der Waals surface area contributed by atoms with Crippen molar-refractivity contribution >= 4 is 17.7 Å². The molecule has 3 N–H and O–H groups in total. The Bertz CT molecular complexity index is 580. The molecule has 0 saturated heterocycles. The van der Waals surface area contributed by atoms with Crippen LogP contribution in [0.4, 0.5) is 0 Å². The molecule has 0 fully saturated rings. The quantitative estimate of drug-likeness (QED) is 0.290. The topological polar surface area (TPSA) is 94.0 Å². The van der Waals surface area contributed by atoms with Crippen molar-refractivity contribution in [3.05, 3.63) is 41.1 Å². The van der Waals surface area contributed by atoms with E-state index in [2.05, 4.69) is 15.4 Å². The van der Waals surface area contributed by atoms with E-state index >= 15 is 0 Å². The van der Waals surface area contributed by atoms with Crippen molar-refractivity contribution in [2.75, 3.05) is 0 Å². The minimum atomic E-state index is -0.357. The summed E-state index contributed by atoms with van der Waals surface area (Å²) in [4.78, 5) is 19.8.